The van der Waals surface area contributed by atoms with Gasteiger partial charge in [0, 0.05) is 11.2 Å². The summed E-state index contributed by atoms with van der Waals surface area (Å²) in [6, 6.07) is 3.31. The number of ether oxygens (including phenoxy) is 1. The first-order valence-electron chi connectivity index (χ1n) is 4.82. The highest BCUT2D eigenvalue weighted by molar-refractivity contribution is 6.30. The predicted molar refractivity (Wildman–Crippen MR) is 59.9 cm³/mol. The van der Waals surface area contributed by atoms with Crippen LogP contribution in [0, 0.1) is 0 Å². The van der Waals surface area contributed by atoms with Crippen molar-refractivity contribution in [1.29, 1.82) is 0 Å². The highest BCUT2D eigenvalue weighted by Crippen LogP contribution is 2.17. The van der Waals surface area contributed by atoms with Gasteiger partial charge in [-0.3, -0.25) is 4.98 Å². The Labute approximate surface area is 95.1 Å². The first-order valence-corrected chi connectivity index (χ1v) is 5.20. The molecule has 1 atom stereocenters. The summed E-state index contributed by atoms with van der Waals surface area (Å²) in [6.45, 7) is 6.03. The number of aliphatic hydroxyl groups is 1. The Balaban J connectivity index is 2.58. The first kappa shape index (κ1) is 12.4. The zero-order chi connectivity index (χ0) is 11.5. The van der Waals surface area contributed by atoms with Crippen LogP contribution < -0.4 is 0 Å². The highest BCUT2D eigenvalue weighted by Gasteiger charge is 2.15. The summed E-state index contributed by atoms with van der Waals surface area (Å²) in [6.07, 6.45) is 0.834. The van der Waals surface area contributed by atoms with Crippen LogP contribution in [0.25, 0.3) is 0 Å². The van der Waals surface area contributed by atoms with E-state index in [0.717, 1.165) is 0 Å². The summed E-state index contributed by atoms with van der Waals surface area (Å²) in [7, 11) is 0. The molecule has 1 N–H and O–H groups in total. The molecule has 0 bridgehead atoms. The second kappa shape index (κ2) is 4.92. The van der Waals surface area contributed by atoms with Crippen LogP contribution in [0.15, 0.2) is 18.3 Å². The summed E-state index contributed by atoms with van der Waals surface area (Å²) in [5, 5.41) is 10.3. The minimum atomic E-state index is -0.733. The number of nitrogens with zero attached hydrogens (tertiary/aromatic N) is 1. The number of aliphatic hydroxyl groups excluding tert-OH is 1. The minimum absolute atomic E-state index is 0.219. The zero-order valence-corrected chi connectivity index (χ0v) is 9.95. The van der Waals surface area contributed by atoms with Crippen molar-refractivity contribution in [3.8, 4) is 0 Å². The lowest BCUT2D eigenvalue weighted by molar-refractivity contribution is -0.0506. The van der Waals surface area contributed by atoms with Crippen LogP contribution in [0.3, 0.4) is 0 Å². The summed E-state index contributed by atoms with van der Waals surface area (Å²) in [4.78, 5) is 4.03. The highest BCUT2D eigenvalue weighted by atomic mass is 35.5. The molecule has 15 heavy (non-hydrogen) atoms. The van der Waals surface area contributed by atoms with Gasteiger partial charge in [0.25, 0.3) is 0 Å². The number of rotatable bonds is 3. The molecule has 4 heteroatoms. The molecule has 0 aliphatic heterocycles. The third kappa shape index (κ3) is 4.60. The molecule has 0 fully saturated rings. The molecule has 0 amide bonds. The van der Waals surface area contributed by atoms with Gasteiger partial charge >= 0.3 is 0 Å². The van der Waals surface area contributed by atoms with Gasteiger partial charge in [0.2, 0.25) is 0 Å². The Morgan fingerprint density at radius 2 is 2.20 bits per heavy atom. The third-order valence-corrected chi connectivity index (χ3v) is 1.99. The minimum Gasteiger partial charge on any atom is -0.384 e. The van der Waals surface area contributed by atoms with Crippen LogP contribution in [0.2, 0.25) is 5.02 Å². The van der Waals surface area contributed by atoms with Crippen molar-refractivity contribution in [3.63, 3.8) is 0 Å². The van der Waals surface area contributed by atoms with E-state index in [1.165, 1.54) is 0 Å². The van der Waals surface area contributed by atoms with Crippen LogP contribution >= 0.6 is 11.6 Å². The topological polar surface area (TPSA) is 42.4 Å². The molecule has 1 aromatic rings. The SMILES string of the molecule is CC(C)(C)OCC(O)c1cc(Cl)ccn1. The van der Waals surface area contributed by atoms with Gasteiger partial charge in [-0.1, -0.05) is 11.6 Å². The van der Waals surface area contributed by atoms with Gasteiger partial charge in [0.15, 0.2) is 0 Å². The number of halogens is 1. The molecule has 84 valence electrons. The van der Waals surface area contributed by atoms with E-state index >= 15 is 0 Å². The van der Waals surface area contributed by atoms with Gasteiger partial charge in [0.05, 0.1) is 17.9 Å². The lowest BCUT2D eigenvalue weighted by atomic mass is 10.2. The van der Waals surface area contributed by atoms with Crippen molar-refractivity contribution in [2.75, 3.05) is 6.61 Å². The summed E-state index contributed by atoms with van der Waals surface area (Å²) < 4.78 is 5.45. The van der Waals surface area contributed by atoms with Crippen molar-refractivity contribution in [3.05, 3.63) is 29.0 Å². The molecule has 1 unspecified atom stereocenters. The maximum Gasteiger partial charge on any atom is 0.119 e. The molecule has 0 aromatic carbocycles. The Hall–Kier alpha value is -0.640. The quantitative estimate of drug-likeness (QED) is 0.866. The fourth-order valence-electron chi connectivity index (χ4n) is 1.02. The van der Waals surface area contributed by atoms with E-state index in [9.17, 15) is 5.11 Å². The molecule has 3 nitrogen and oxygen atoms in total. The predicted octanol–water partition coefficient (Wildman–Crippen LogP) is 2.58. The smallest absolute Gasteiger partial charge is 0.119 e. The van der Waals surface area contributed by atoms with Crippen LogP contribution in [0.5, 0.6) is 0 Å². The largest absolute Gasteiger partial charge is 0.384 e. The second-order valence-corrected chi connectivity index (χ2v) is 4.77. The van der Waals surface area contributed by atoms with Crippen molar-refractivity contribution in [1.82, 2.24) is 4.98 Å². The van der Waals surface area contributed by atoms with Crippen LogP contribution in [0.1, 0.15) is 32.6 Å². The maximum atomic E-state index is 9.76. The third-order valence-electron chi connectivity index (χ3n) is 1.76. The second-order valence-electron chi connectivity index (χ2n) is 4.34. The van der Waals surface area contributed by atoms with E-state index in [4.69, 9.17) is 16.3 Å². The Kier molecular flexibility index (Phi) is 4.08. The molecule has 0 aliphatic carbocycles. The molecule has 0 saturated carbocycles. The fourth-order valence-corrected chi connectivity index (χ4v) is 1.19. The average Bonchev–Trinajstić information content (AvgIpc) is 2.13. The van der Waals surface area contributed by atoms with Crippen molar-refractivity contribution in [2.24, 2.45) is 0 Å². The Bertz CT molecular complexity index is 323. The van der Waals surface area contributed by atoms with Crippen molar-refractivity contribution in [2.45, 2.75) is 32.5 Å². The van der Waals surface area contributed by atoms with Gasteiger partial charge in [-0.25, -0.2) is 0 Å². The number of hydrogen-bond acceptors (Lipinski definition) is 3. The molecule has 1 heterocycles. The lowest BCUT2D eigenvalue weighted by Gasteiger charge is -2.21. The van der Waals surface area contributed by atoms with Crippen molar-refractivity contribution < 1.29 is 9.84 Å². The molecule has 1 aromatic heterocycles. The van der Waals surface area contributed by atoms with Gasteiger partial charge in [-0.05, 0) is 32.9 Å². The summed E-state index contributed by atoms with van der Waals surface area (Å²) >= 11 is 5.79. The van der Waals surface area contributed by atoms with Gasteiger partial charge < -0.3 is 9.84 Å². The maximum absolute atomic E-state index is 9.76. The van der Waals surface area contributed by atoms with E-state index in [1.807, 2.05) is 20.8 Å². The normalized spacial score (nSPS) is 13.9. The molecule has 0 saturated heterocycles. The van der Waals surface area contributed by atoms with E-state index in [2.05, 4.69) is 4.98 Å². The van der Waals surface area contributed by atoms with Crippen LogP contribution in [-0.2, 0) is 4.74 Å². The molecular formula is C11H16ClNO2. The monoisotopic (exact) mass is 229 g/mol. The zero-order valence-electron chi connectivity index (χ0n) is 9.20. The number of hydrogen-bond donors (Lipinski definition) is 1. The molecule has 0 spiro atoms. The van der Waals surface area contributed by atoms with Gasteiger partial charge in [-0.15, -0.1) is 0 Å². The first-order chi connectivity index (χ1) is 6.88. The molecular weight excluding hydrogens is 214 g/mol. The molecule has 0 radical (unpaired) electrons. The van der Waals surface area contributed by atoms with Gasteiger partial charge in [0.1, 0.15) is 6.10 Å². The van der Waals surface area contributed by atoms with Crippen LogP contribution in [0.4, 0.5) is 0 Å². The van der Waals surface area contributed by atoms with E-state index in [1.54, 1.807) is 18.3 Å². The molecule has 0 aliphatic rings. The lowest BCUT2D eigenvalue weighted by Crippen LogP contribution is -2.23. The van der Waals surface area contributed by atoms with Gasteiger partial charge in [-0.2, -0.15) is 0 Å². The molecule has 1 rings (SSSR count). The average molecular weight is 230 g/mol. The Morgan fingerprint density at radius 3 is 2.73 bits per heavy atom. The van der Waals surface area contributed by atoms with E-state index in [-0.39, 0.29) is 12.2 Å². The van der Waals surface area contributed by atoms with E-state index in [0.29, 0.717) is 10.7 Å². The number of aromatic nitrogens is 1. The summed E-state index contributed by atoms with van der Waals surface area (Å²) in [5.74, 6) is 0. The fraction of sp³-hybridized carbons (Fsp3) is 0.545. The summed E-state index contributed by atoms with van der Waals surface area (Å²) in [5.41, 5.74) is 0.270. The Morgan fingerprint density at radius 1 is 1.53 bits per heavy atom. The van der Waals surface area contributed by atoms with Crippen molar-refractivity contribution >= 4 is 11.6 Å². The van der Waals surface area contributed by atoms with Crippen LogP contribution in [-0.4, -0.2) is 22.3 Å². The van der Waals surface area contributed by atoms with E-state index < -0.39 is 6.10 Å². The number of pyridine rings is 1. The standard InChI is InChI=1S/C11H16ClNO2/c1-11(2,3)15-7-10(14)9-6-8(12)4-5-13-9/h4-6,10,14H,7H2,1-3H3.